The molecule has 110 valence electrons. The fourth-order valence-electron chi connectivity index (χ4n) is 3.68. The molecule has 0 saturated carbocycles. The Morgan fingerprint density at radius 2 is 1.86 bits per heavy atom. The van der Waals surface area contributed by atoms with Crippen LogP contribution >= 0.6 is 0 Å². The van der Waals surface area contributed by atoms with Gasteiger partial charge in [-0.2, -0.15) is 15.0 Å². The maximum Gasteiger partial charge on any atom is 0.276 e. The molecule has 4 heterocycles. The second kappa shape index (κ2) is 4.68. The molecule has 2 aliphatic heterocycles. The van der Waals surface area contributed by atoms with E-state index >= 15 is 0 Å². The van der Waals surface area contributed by atoms with E-state index in [1.165, 1.54) is 0 Å². The highest BCUT2D eigenvalue weighted by atomic mass is 16.5. The van der Waals surface area contributed by atoms with Crippen LogP contribution in [0.5, 0.6) is 0 Å². The molecule has 7 nitrogen and oxygen atoms in total. The van der Waals surface area contributed by atoms with Crippen LogP contribution in [-0.2, 0) is 0 Å². The molecule has 0 aromatic carbocycles. The third-order valence-electron chi connectivity index (χ3n) is 4.55. The van der Waals surface area contributed by atoms with Gasteiger partial charge in [0.15, 0.2) is 5.69 Å². The van der Waals surface area contributed by atoms with Gasteiger partial charge in [0.25, 0.3) is 5.91 Å². The van der Waals surface area contributed by atoms with Crippen LogP contribution in [0.15, 0.2) is 23.0 Å². The second-order valence-corrected chi connectivity index (χ2v) is 5.89. The van der Waals surface area contributed by atoms with Gasteiger partial charge in [-0.15, -0.1) is 0 Å². The van der Waals surface area contributed by atoms with E-state index in [4.69, 9.17) is 4.52 Å². The zero-order chi connectivity index (χ0) is 14.4. The first-order chi connectivity index (χ1) is 10.2. The molecule has 2 atom stereocenters. The van der Waals surface area contributed by atoms with Crippen LogP contribution in [-0.4, -0.2) is 43.0 Å². The predicted molar refractivity (Wildman–Crippen MR) is 72.5 cm³/mol. The Balaban J connectivity index is 1.55. The number of amides is 1. The lowest BCUT2D eigenvalue weighted by atomic mass is 9.97. The average molecular weight is 287 g/mol. The standard InChI is InChI=1S/C14H17N5O2/c1-9-6-13(17-21-9)14(20)18-10-2-3-11(18)8-12(7-10)19-15-4-5-16-19/h4-6,10-12H,2-3,7-8H2,1H3. The van der Waals surface area contributed by atoms with E-state index in [0.29, 0.717) is 17.5 Å². The third kappa shape index (κ3) is 2.03. The summed E-state index contributed by atoms with van der Waals surface area (Å²) in [5, 5.41) is 12.3. The topological polar surface area (TPSA) is 77.1 Å². The molecule has 21 heavy (non-hydrogen) atoms. The minimum absolute atomic E-state index is 0.00813. The summed E-state index contributed by atoms with van der Waals surface area (Å²) < 4.78 is 5.03. The molecule has 2 unspecified atom stereocenters. The van der Waals surface area contributed by atoms with Crippen molar-refractivity contribution in [2.45, 2.75) is 50.7 Å². The zero-order valence-corrected chi connectivity index (χ0v) is 11.8. The maximum absolute atomic E-state index is 12.6. The molecule has 0 N–H and O–H groups in total. The number of hydrogen-bond donors (Lipinski definition) is 0. The first-order valence-electron chi connectivity index (χ1n) is 7.34. The van der Waals surface area contributed by atoms with Gasteiger partial charge in [-0.3, -0.25) is 4.79 Å². The van der Waals surface area contributed by atoms with Crippen molar-refractivity contribution in [3.05, 3.63) is 29.9 Å². The summed E-state index contributed by atoms with van der Waals surface area (Å²) in [6.45, 7) is 1.80. The summed E-state index contributed by atoms with van der Waals surface area (Å²) in [5.41, 5.74) is 0.417. The van der Waals surface area contributed by atoms with Gasteiger partial charge in [-0.25, -0.2) is 0 Å². The lowest BCUT2D eigenvalue weighted by Crippen LogP contribution is -2.47. The number of fused-ring (bicyclic) bond motifs is 2. The van der Waals surface area contributed by atoms with Crippen LogP contribution in [0.1, 0.15) is 48.0 Å². The normalized spacial score (nSPS) is 28.0. The molecule has 0 aliphatic carbocycles. The average Bonchev–Trinajstić information content (AvgIpc) is 3.18. The zero-order valence-electron chi connectivity index (χ0n) is 11.8. The quantitative estimate of drug-likeness (QED) is 0.838. The van der Waals surface area contributed by atoms with E-state index < -0.39 is 0 Å². The highest BCUT2D eigenvalue weighted by Gasteiger charge is 2.45. The number of aromatic nitrogens is 4. The summed E-state index contributed by atoms with van der Waals surface area (Å²) >= 11 is 0. The van der Waals surface area contributed by atoms with Gasteiger partial charge in [0.2, 0.25) is 0 Å². The minimum atomic E-state index is -0.00813. The molecule has 2 aromatic heterocycles. The molecule has 7 heteroatoms. The molecule has 2 fully saturated rings. The molecule has 2 aliphatic rings. The maximum atomic E-state index is 12.6. The van der Waals surface area contributed by atoms with Crippen molar-refractivity contribution in [3.63, 3.8) is 0 Å². The summed E-state index contributed by atoms with van der Waals surface area (Å²) in [4.78, 5) is 16.4. The van der Waals surface area contributed by atoms with E-state index in [1.807, 2.05) is 4.90 Å². The van der Waals surface area contributed by atoms with Crippen LogP contribution in [0.4, 0.5) is 0 Å². The smallest absolute Gasteiger partial charge is 0.276 e. The highest BCUT2D eigenvalue weighted by molar-refractivity contribution is 5.93. The summed E-state index contributed by atoms with van der Waals surface area (Å²) in [7, 11) is 0. The van der Waals surface area contributed by atoms with Gasteiger partial charge < -0.3 is 9.42 Å². The van der Waals surface area contributed by atoms with Crippen molar-refractivity contribution < 1.29 is 9.32 Å². The molecule has 0 radical (unpaired) electrons. The Hall–Kier alpha value is -2.18. The Morgan fingerprint density at radius 3 is 2.43 bits per heavy atom. The van der Waals surface area contributed by atoms with E-state index in [9.17, 15) is 4.79 Å². The highest BCUT2D eigenvalue weighted by Crippen LogP contribution is 2.40. The van der Waals surface area contributed by atoms with Gasteiger partial charge >= 0.3 is 0 Å². The van der Waals surface area contributed by atoms with Crippen molar-refractivity contribution in [2.75, 3.05) is 0 Å². The molecule has 2 aromatic rings. The molecule has 2 saturated heterocycles. The number of rotatable bonds is 2. The van der Waals surface area contributed by atoms with Gasteiger partial charge in [-0.1, -0.05) is 5.16 Å². The molecular weight excluding hydrogens is 270 g/mol. The summed E-state index contributed by atoms with van der Waals surface area (Å²) in [5.74, 6) is 0.660. The number of carbonyl (C=O) groups is 1. The lowest BCUT2D eigenvalue weighted by molar-refractivity contribution is 0.0502. The van der Waals surface area contributed by atoms with Gasteiger partial charge in [0, 0.05) is 18.2 Å². The largest absolute Gasteiger partial charge is 0.361 e. The van der Waals surface area contributed by atoms with Crippen molar-refractivity contribution in [3.8, 4) is 0 Å². The van der Waals surface area contributed by atoms with E-state index in [2.05, 4.69) is 15.4 Å². The molecule has 2 bridgehead atoms. The van der Waals surface area contributed by atoms with E-state index in [0.717, 1.165) is 25.7 Å². The van der Waals surface area contributed by atoms with Gasteiger partial charge in [0.1, 0.15) is 5.76 Å². The predicted octanol–water partition coefficient (Wildman–Crippen LogP) is 1.58. The summed E-state index contributed by atoms with van der Waals surface area (Å²) in [6.07, 6.45) is 7.33. The van der Waals surface area contributed by atoms with Crippen molar-refractivity contribution in [1.29, 1.82) is 0 Å². The number of carbonyl (C=O) groups excluding carboxylic acids is 1. The molecular formula is C14H17N5O2. The third-order valence-corrected chi connectivity index (χ3v) is 4.55. The van der Waals surface area contributed by atoms with Crippen molar-refractivity contribution in [1.82, 2.24) is 25.1 Å². The Bertz CT molecular complexity index is 636. The van der Waals surface area contributed by atoms with E-state index in [-0.39, 0.29) is 18.0 Å². The van der Waals surface area contributed by atoms with Gasteiger partial charge in [0.05, 0.1) is 18.4 Å². The molecule has 4 rings (SSSR count). The fraction of sp³-hybridized carbons (Fsp3) is 0.571. The van der Waals surface area contributed by atoms with Crippen LogP contribution in [0, 0.1) is 6.92 Å². The number of nitrogens with zero attached hydrogens (tertiary/aromatic N) is 5. The van der Waals surface area contributed by atoms with Crippen LogP contribution in [0.25, 0.3) is 0 Å². The molecule has 0 spiro atoms. The Kier molecular flexibility index (Phi) is 2.80. The van der Waals surface area contributed by atoms with Crippen molar-refractivity contribution >= 4 is 5.91 Å². The fourth-order valence-corrected chi connectivity index (χ4v) is 3.68. The minimum Gasteiger partial charge on any atom is -0.361 e. The van der Waals surface area contributed by atoms with Gasteiger partial charge in [-0.05, 0) is 32.6 Å². The summed E-state index contributed by atoms with van der Waals surface area (Å²) in [6, 6.07) is 2.51. The van der Waals surface area contributed by atoms with Crippen molar-refractivity contribution in [2.24, 2.45) is 0 Å². The molecule has 1 amide bonds. The van der Waals surface area contributed by atoms with Crippen LogP contribution < -0.4 is 0 Å². The van der Waals surface area contributed by atoms with Crippen LogP contribution in [0.3, 0.4) is 0 Å². The second-order valence-electron chi connectivity index (χ2n) is 5.89. The Morgan fingerprint density at radius 1 is 1.19 bits per heavy atom. The number of hydrogen-bond acceptors (Lipinski definition) is 5. The number of aryl methyl sites for hydroxylation is 1. The first-order valence-corrected chi connectivity index (χ1v) is 7.34. The van der Waals surface area contributed by atoms with Crippen LogP contribution in [0.2, 0.25) is 0 Å². The number of piperidine rings is 1. The monoisotopic (exact) mass is 287 g/mol. The van der Waals surface area contributed by atoms with E-state index in [1.54, 1.807) is 30.2 Å². The Labute approximate surface area is 121 Å². The SMILES string of the molecule is Cc1cc(C(=O)N2C3CCC2CC(n2nccn2)C3)no1. The lowest BCUT2D eigenvalue weighted by Gasteiger charge is -2.38. The first kappa shape index (κ1) is 12.6.